The second kappa shape index (κ2) is 7.38. The van der Waals surface area contributed by atoms with Gasteiger partial charge in [0.05, 0.1) is 6.07 Å². The van der Waals surface area contributed by atoms with E-state index in [0.29, 0.717) is 32.4 Å². The van der Waals surface area contributed by atoms with Crippen LogP contribution in [0.3, 0.4) is 0 Å². The monoisotopic (exact) mass is 252 g/mol. The molecule has 1 fully saturated rings. The normalized spacial score (nSPS) is 18.7. The Balaban J connectivity index is 2.78. The van der Waals surface area contributed by atoms with Gasteiger partial charge in [0.2, 0.25) is 5.91 Å². The number of rotatable bonds is 5. The molecule has 0 heterocycles. The summed E-state index contributed by atoms with van der Waals surface area (Å²) in [7, 11) is 0. The van der Waals surface area contributed by atoms with Crippen LogP contribution in [0.15, 0.2) is 0 Å². The Morgan fingerprint density at radius 2 is 1.94 bits per heavy atom. The van der Waals surface area contributed by atoms with Gasteiger partial charge in [-0.15, -0.1) is 0 Å². The summed E-state index contributed by atoms with van der Waals surface area (Å²) in [4.78, 5) is 14.3. The van der Waals surface area contributed by atoms with Gasteiger partial charge in [0.25, 0.3) is 0 Å². The van der Waals surface area contributed by atoms with E-state index in [1.807, 2.05) is 6.92 Å². The minimum atomic E-state index is -0.804. The van der Waals surface area contributed by atoms with Crippen molar-refractivity contribution < 1.29 is 9.90 Å². The first-order chi connectivity index (χ1) is 8.70. The van der Waals surface area contributed by atoms with Crippen molar-refractivity contribution in [3.05, 3.63) is 0 Å². The zero-order valence-electron chi connectivity index (χ0n) is 11.3. The highest BCUT2D eigenvalue weighted by atomic mass is 16.3. The lowest BCUT2D eigenvalue weighted by molar-refractivity contribution is -0.139. The Hall–Kier alpha value is -1.08. The molecule has 4 nitrogen and oxygen atoms in total. The van der Waals surface area contributed by atoms with Crippen LogP contribution in [0.2, 0.25) is 0 Å². The van der Waals surface area contributed by atoms with Gasteiger partial charge in [0, 0.05) is 19.7 Å². The summed E-state index contributed by atoms with van der Waals surface area (Å²) in [5.41, 5.74) is -0.804. The largest absolute Gasteiger partial charge is 0.396 e. The number of amides is 1. The highest BCUT2D eigenvalue weighted by molar-refractivity contribution is 5.85. The van der Waals surface area contributed by atoms with E-state index in [1.165, 1.54) is 0 Å². The third-order valence-corrected chi connectivity index (χ3v) is 3.84. The molecule has 1 saturated carbocycles. The van der Waals surface area contributed by atoms with Crippen molar-refractivity contribution in [3.8, 4) is 6.07 Å². The molecule has 4 heteroatoms. The van der Waals surface area contributed by atoms with E-state index in [0.717, 1.165) is 25.7 Å². The van der Waals surface area contributed by atoms with Crippen LogP contribution < -0.4 is 0 Å². The van der Waals surface area contributed by atoms with Crippen LogP contribution >= 0.6 is 0 Å². The molecule has 0 aromatic rings. The molecule has 18 heavy (non-hydrogen) atoms. The molecular formula is C14H24N2O2. The van der Waals surface area contributed by atoms with Gasteiger partial charge >= 0.3 is 0 Å². The van der Waals surface area contributed by atoms with Crippen LogP contribution in [-0.2, 0) is 4.79 Å². The number of nitrogens with zero attached hydrogens (tertiary/aromatic N) is 2. The van der Waals surface area contributed by atoms with Crippen molar-refractivity contribution in [2.75, 3.05) is 19.7 Å². The molecule has 0 bridgehead atoms. The van der Waals surface area contributed by atoms with Crippen molar-refractivity contribution in [1.82, 2.24) is 4.90 Å². The van der Waals surface area contributed by atoms with Crippen molar-refractivity contribution in [2.24, 2.45) is 5.41 Å². The first-order valence-electron chi connectivity index (χ1n) is 7.01. The minimum Gasteiger partial charge on any atom is -0.396 e. The molecule has 1 amide bonds. The number of carbonyl (C=O) groups is 1. The summed E-state index contributed by atoms with van der Waals surface area (Å²) in [6.07, 6.45) is 6.16. The Morgan fingerprint density at radius 1 is 1.33 bits per heavy atom. The summed E-state index contributed by atoms with van der Waals surface area (Å²) in [6.45, 7) is 3.18. The molecule has 0 atom stereocenters. The molecule has 1 rings (SSSR count). The fourth-order valence-corrected chi connectivity index (χ4v) is 2.67. The lowest BCUT2D eigenvalue weighted by atomic mass is 9.80. The molecule has 102 valence electrons. The maximum absolute atomic E-state index is 12.6. The maximum atomic E-state index is 12.6. The van der Waals surface area contributed by atoms with Crippen LogP contribution in [0, 0.1) is 16.7 Å². The Morgan fingerprint density at radius 3 is 2.39 bits per heavy atom. The van der Waals surface area contributed by atoms with Crippen molar-refractivity contribution in [2.45, 2.75) is 51.9 Å². The SMILES string of the molecule is CCN(CCCO)C(=O)C1(C#N)CCCCCC1. The van der Waals surface area contributed by atoms with Gasteiger partial charge in [-0.3, -0.25) is 4.79 Å². The van der Waals surface area contributed by atoms with Crippen LogP contribution in [0.25, 0.3) is 0 Å². The van der Waals surface area contributed by atoms with E-state index in [9.17, 15) is 10.1 Å². The van der Waals surface area contributed by atoms with Crippen LogP contribution in [0.4, 0.5) is 0 Å². The predicted octanol–water partition coefficient (Wildman–Crippen LogP) is 2.08. The second-order valence-electron chi connectivity index (χ2n) is 5.07. The lowest BCUT2D eigenvalue weighted by Crippen LogP contribution is -2.43. The smallest absolute Gasteiger partial charge is 0.243 e. The van der Waals surface area contributed by atoms with Gasteiger partial charge in [0.15, 0.2) is 0 Å². The topological polar surface area (TPSA) is 64.3 Å². The third kappa shape index (κ3) is 3.46. The zero-order valence-corrected chi connectivity index (χ0v) is 11.3. The second-order valence-corrected chi connectivity index (χ2v) is 5.07. The molecular weight excluding hydrogens is 228 g/mol. The quantitative estimate of drug-likeness (QED) is 0.762. The highest BCUT2D eigenvalue weighted by Gasteiger charge is 2.41. The number of nitriles is 1. The fraction of sp³-hybridized carbons (Fsp3) is 0.857. The number of hydrogen-bond donors (Lipinski definition) is 1. The van der Waals surface area contributed by atoms with E-state index in [1.54, 1.807) is 4.90 Å². The standard InChI is InChI=1S/C14H24N2O2/c1-2-16(10-7-11-17)13(18)14(12-15)8-5-3-4-6-9-14/h17H,2-11H2,1H3. The Kier molecular flexibility index (Phi) is 6.14. The molecule has 1 N–H and O–H groups in total. The van der Waals surface area contributed by atoms with Gasteiger partial charge < -0.3 is 10.0 Å². The Bertz CT molecular complexity index is 301. The van der Waals surface area contributed by atoms with Crippen molar-refractivity contribution >= 4 is 5.91 Å². The molecule has 0 spiro atoms. The van der Waals surface area contributed by atoms with Crippen LogP contribution in [0.5, 0.6) is 0 Å². The van der Waals surface area contributed by atoms with Crippen LogP contribution in [0.1, 0.15) is 51.9 Å². The van der Waals surface area contributed by atoms with E-state index in [-0.39, 0.29) is 12.5 Å². The van der Waals surface area contributed by atoms with Gasteiger partial charge in [-0.2, -0.15) is 5.26 Å². The van der Waals surface area contributed by atoms with Crippen LogP contribution in [-0.4, -0.2) is 35.6 Å². The van der Waals surface area contributed by atoms with E-state index in [4.69, 9.17) is 5.11 Å². The third-order valence-electron chi connectivity index (χ3n) is 3.84. The molecule has 0 aromatic heterocycles. The molecule has 0 unspecified atom stereocenters. The summed E-state index contributed by atoms with van der Waals surface area (Å²) in [5, 5.41) is 18.3. The molecule has 0 aromatic carbocycles. The lowest BCUT2D eigenvalue weighted by Gasteiger charge is -2.31. The number of aliphatic hydroxyl groups is 1. The predicted molar refractivity (Wildman–Crippen MR) is 69.7 cm³/mol. The van der Waals surface area contributed by atoms with Crippen molar-refractivity contribution in [1.29, 1.82) is 5.26 Å². The van der Waals surface area contributed by atoms with Gasteiger partial charge in [-0.1, -0.05) is 25.7 Å². The molecule has 1 aliphatic carbocycles. The minimum absolute atomic E-state index is 0.0251. The first-order valence-corrected chi connectivity index (χ1v) is 7.01. The van der Waals surface area contributed by atoms with Gasteiger partial charge in [-0.25, -0.2) is 0 Å². The van der Waals surface area contributed by atoms with Crippen molar-refractivity contribution in [3.63, 3.8) is 0 Å². The van der Waals surface area contributed by atoms with E-state index in [2.05, 4.69) is 6.07 Å². The molecule has 1 aliphatic rings. The number of aliphatic hydroxyl groups excluding tert-OH is 1. The fourth-order valence-electron chi connectivity index (χ4n) is 2.67. The number of carbonyl (C=O) groups excluding carboxylic acids is 1. The summed E-state index contributed by atoms with van der Waals surface area (Å²) < 4.78 is 0. The highest BCUT2D eigenvalue weighted by Crippen LogP contribution is 2.36. The average molecular weight is 252 g/mol. The molecule has 0 aliphatic heterocycles. The average Bonchev–Trinajstić information content (AvgIpc) is 2.65. The zero-order chi connectivity index (χ0) is 13.4. The molecule has 0 saturated heterocycles. The maximum Gasteiger partial charge on any atom is 0.243 e. The summed E-state index contributed by atoms with van der Waals surface area (Å²) in [6, 6.07) is 2.29. The summed E-state index contributed by atoms with van der Waals surface area (Å²) >= 11 is 0. The first kappa shape index (κ1) is 15.0. The van der Waals surface area contributed by atoms with Gasteiger partial charge in [0.1, 0.15) is 5.41 Å². The van der Waals surface area contributed by atoms with E-state index >= 15 is 0 Å². The Labute approximate surface area is 110 Å². The van der Waals surface area contributed by atoms with E-state index < -0.39 is 5.41 Å². The number of hydrogen-bond acceptors (Lipinski definition) is 3. The summed E-state index contributed by atoms with van der Waals surface area (Å²) in [5.74, 6) is -0.0251. The van der Waals surface area contributed by atoms with Gasteiger partial charge in [-0.05, 0) is 26.2 Å². The molecule has 0 radical (unpaired) electrons.